The summed E-state index contributed by atoms with van der Waals surface area (Å²) in [6, 6.07) is 26.6. The molecule has 0 fully saturated rings. The van der Waals surface area contributed by atoms with Crippen molar-refractivity contribution < 1.29 is 9.47 Å². The number of fused-ring (bicyclic) bond motifs is 5. The Hall–Kier alpha value is -4.61. The highest BCUT2D eigenvalue weighted by Crippen LogP contribution is 2.50. The highest BCUT2D eigenvalue weighted by Gasteiger charge is 2.40. The van der Waals surface area contributed by atoms with Crippen molar-refractivity contribution in [3.63, 3.8) is 0 Å². The van der Waals surface area contributed by atoms with E-state index in [9.17, 15) is 0 Å². The third-order valence-corrected chi connectivity index (χ3v) is 12.2. The normalized spacial score (nSPS) is 32.1. The number of benzene rings is 3. The van der Waals surface area contributed by atoms with E-state index in [0.717, 1.165) is 49.9 Å². The van der Waals surface area contributed by atoms with Gasteiger partial charge in [-0.25, -0.2) is 4.99 Å². The number of hydrogen-bond donors (Lipinski definition) is 2. The average molecular weight is 660 g/mol. The molecule has 0 aromatic heterocycles. The summed E-state index contributed by atoms with van der Waals surface area (Å²) in [6.45, 7) is 0. The van der Waals surface area contributed by atoms with Gasteiger partial charge in [0.1, 0.15) is 41.9 Å². The fourth-order valence-corrected chi connectivity index (χ4v) is 9.56. The van der Waals surface area contributed by atoms with Gasteiger partial charge in [0.05, 0.1) is 0 Å². The number of rotatable bonds is 5. The molecule has 0 bridgehead atoms. The second-order valence-corrected chi connectivity index (χ2v) is 15.1. The van der Waals surface area contributed by atoms with E-state index >= 15 is 0 Å². The molecule has 3 aromatic rings. The van der Waals surface area contributed by atoms with E-state index in [1.54, 1.807) is 0 Å². The Kier molecular flexibility index (Phi) is 7.63. The van der Waals surface area contributed by atoms with Gasteiger partial charge in [-0.2, -0.15) is 0 Å². The van der Waals surface area contributed by atoms with Crippen LogP contribution in [0.2, 0.25) is 0 Å². The predicted molar refractivity (Wildman–Crippen MR) is 199 cm³/mol. The Morgan fingerprint density at radius 1 is 0.700 bits per heavy atom. The lowest BCUT2D eigenvalue weighted by Gasteiger charge is -2.35. The number of aliphatic imine (C=N–C) groups is 1. The predicted octanol–water partition coefficient (Wildman–Crippen LogP) is 9.40. The van der Waals surface area contributed by atoms with Gasteiger partial charge in [0.15, 0.2) is 0 Å². The molecule has 50 heavy (non-hydrogen) atoms. The molecule has 5 heteroatoms. The third-order valence-electron chi connectivity index (χ3n) is 12.2. The molecule has 0 radical (unpaired) electrons. The highest BCUT2D eigenvalue weighted by atomic mass is 16.5. The molecule has 0 spiro atoms. The minimum atomic E-state index is -0.127. The van der Waals surface area contributed by atoms with Gasteiger partial charge in [0, 0.05) is 28.9 Å². The summed E-state index contributed by atoms with van der Waals surface area (Å²) in [5, 5.41) is 7.67. The van der Waals surface area contributed by atoms with Gasteiger partial charge in [0.25, 0.3) is 0 Å². The summed E-state index contributed by atoms with van der Waals surface area (Å²) in [5.41, 5.74) is 9.25. The minimum absolute atomic E-state index is 0.0126. The Balaban J connectivity index is 0.897. The number of para-hydroxylation sites is 1. The molecular formula is C45H45N3O2. The number of nitrogens with zero attached hydrogens (tertiary/aromatic N) is 1. The highest BCUT2D eigenvalue weighted by molar-refractivity contribution is 5.99. The number of hydrogen-bond acceptors (Lipinski definition) is 5. The SMILES string of the molecule is C1=CC2OC3=C(C=CCC3c3ccc(C4=NC(c5ccccc5)NC(C5=CCC(c6cccc7c6OC6C=CCCC76)CC5)N4)cc3)C2CC1. The minimum Gasteiger partial charge on any atom is -0.489 e. The number of nitrogens with one attached hydrogen (secondary N) is 2. The standard InChI is InChI=1S/C45H45N3O2/c1-2-10-30(11-3-1)43-46-44(31-24-20-28(21-25-31)33-14-8-16-37-35-12-4-6-18-39(35)49-41(33)37)48-45(47-43)32-26-22-29(23-27-32)34-15-9-17-38-36-13-5-7-19-40(36)50-42(34)38/h1-3,6-11,14,16-19,22-24,26-28,34-36,39-40,43-44,46H,4-5,12-13,15,20-21,25H2,(H,47,48). The first-order chi connectivity index (χ1) is 24.8. The van der Waals surface area contributed by atoms with Gasteiger partial charge in [-0.05, 0) is 97.3 Å². The van der Waals surface area contributed by atoms with Crippen molar-refractivity contribution in [3.8, 4) is 5.75 Å². The Labute approximate surface area is 295 Å². The molecule has 7 aliphatic rings. The summed E-state index contributed by atoms with van der Waals surface area (Å²) in [4.78, 5) is 5.24. The van der Waals surface area contributed by atoms with Gasteiger partial charge >= 0.3 is 0 Å². The molecule has 8 atom stereocenters. The van der Waals surface area contributed by atoms with Crippen molar-refractivity contribution in [3.05, 3.63) is 160 Å². The van der Waals surface area contributed by atoms with Crippen molar-refractivity contribution in [1.29, 1.82) is 0 Å². The zero-order valence-electron chi connectivity index (χ0n) is 28.5. The molecule has 4 aliphatic carbocycles. The first-order valence-corrected chi connectivity index (χ1v) is 18.9. The van der Waals surface area contributed by atoms with E-state index in [1.165, 1.54) is 57.8 Å². The Morgan fingerprint density at radius 2 is 1.50 bits per heavy atom. The van der Waals surface area contributed by atoms with E-state index in [4.69, 9.17) is 14.5 Å². The van der Waals surface area contributed by atoms with Crippen LogP contribution in [0.4, 0.5) is 0 Å². The Bertz CT molecular complexity index is 1970. The summed E-state index contributed by atoms with van der Waals surface area (Å²) >= 11 is 0. The molecule has 2 N–H and O–H groups in total. The Morgan fingerprint density at radius 3 is 2.32 bits per heavy atom. The second kappa shape index (κ2) is 12.6. The zero-order valence-corrected chi connectivity index (χ0v) is 28.5. The lowest BCUT2D eigenvalue weighted by atomic mass is 9.81. The fraction of sp³-hybridized carbons (Fsp3) is 0.356. The average Bonchev–Trinajstić information content (AvgIpc) is 3.77. The van der Waals surface area contributed by atoms with Crippen LogP contribution in [0.5, 0.6) is 5.75 Å². The van der Waals surface area contributed by atoms with E-state index in [0.29, 0.717) is 17.8 Å². The molecule has 0 saturated carbocycles. The number of amidine groups is 1. The van der Waals surface area contributed by atoms with Crippen LogP contribution in [0.1, 0.15) is 103 Å². The van der Waals surface area contributed by atoms with Crippen LogP contribution in [-0.2, 0) is 4.74 Å². The van der Waals surface area contributed by atoms with Crippen LogP contribution in [-0.4, -0.2) is 24.2 Å². The largest absolute Gasteiger partial charge is 0.489 e. The van der Waals surface area contributed by atoms with E-state index in [1.807, 2.05) is 0 Å². The third kappa shape index (κ3) is 5.29. The van der Waals surface area contributed by atoms with Crippen molar-refractivity contribution in [2.45, 2.75) is 93.7 Å². The lowest BCUT2D eigenvalue weighted by molar-refractivity contribution is 0.134. The first-order valence-electron chi connectivity index (χ1n) is 18.9. The summed E-state index contributed by atoms with van der Waals surface area (Å²) in [6.07, 6.45) is 25.4. The van der Waals surface area contributed by atoms with Gasteiger partial charge in [0.2, 0.25) is 0 Å². The number of allylic oxidation sites excluding steroid dienone is 6. The van der Waals surface area contributed by atoms with Gasteiger partial charge in [-0.3, -0.25) is 5.32 Å². The molecule has 0 amide bonds. The quantitative estimate of drug-likeness (QED) is 0.268. The smallest absolute Gasteiger partial charge is 0.131 e. The van der Waals surface area contributed by atoms with E-state index in [2.05, 4.69) is 126 Å². The monoisotopic (exact) mass is 659 g/mol. The van der Waals surface area contributed by atoms with Crippen LogP contribution in [0, 0.1) is 5.92 Å². The maximum Gasteiger partial charge on any atom is 0.131 e. The molecule has 3 aliphatic heterocycles. The molecule has 8 unspecified atom stereocenters. The van der Waals surface area contributed by atoms with Gasteiger partial charge in [-0.1, -0.05) is 103 Å². The molecule has 3 heterocycles. The van der Waals surface area contributed by atoms with Crippen LogP contribution < -0.4 is 15.4 Å². The van der Waals surface area contributed by atoms with E-state index < -0.39 is 0 Å². The molecule has 0 saturated heterocycles. The van der Waals surface area contributed by atoms with E-state index in [-0.39, 0.29) is 30.5 Å². The summed E-state index contributed by atoms with van der Waals surface area (Å²) in [7, 11) is 0. The maximum atomic E-state index is 6.59. The zero-order chi connectivity index (χ0) is 33.0. The molecule has 5 nitrogen and oxygen atoms in total. The lowest BCUT2D eigenvalue weighted by Crippen LogP contribution is -2.52. The second-order valence-electron chi connectivity index (χ2n) is 15.1. The van der Waals surface area contributed by atoms with Crippen molar-refractivity contribution in [2.24, 2.45) is 10.9 Å². The van der Waals surface area contributed by atoms with Crippen molar-refractivity contribution in [1.82, 2.24) is 10.6 Å². The maximum absolute atomic E-state index is 6.59. The van der Waals surface area contributed by atoms with Crippen molar-refractivity contribution >= 4 is 5.84 Å². The molecular weight excluding hydrogens is 615 g/mol. The topological polar surface area (TPSA) is 54.9 Å². The number of ether oxygens (including phenoxy) is 2. The van der Waals surface area contributed by atoms with Crippen LogP contribution in [0.3, 0.4) is 0 Å². The summed E-state index contributed by atoms with van der Waals surface area (Å²) < 4.78 is 13.2. The summed E-state index contributed by atoms with van der Waals surface area (Å²) in [5.74, 6) is 5.05. The van der Waals surface area contributed by atoms with Crippen molar-refractivity contribution in [2.75, 3.05) is 0 Å². The first kappa shape index (κ1) is 30.2. The van der Waals surface area contributed by atoms with Gasteiger partial charge in [-0.15, -0.1) is 0 Å². The fourth-order valence-electron chi connectivity index (χ4n) is 9.56. The van der Waals surface area contributed by atoms with Gasteiger partial charge < -0.3 is 14.8 Å². The van der Waals surface area contributed by atoms with Crippen LogP contribution in [0.15, 0.2) is 137 Å². The van der Waals surface area contributed by atoms with Crippen LogP contribution >= 0.6 is 0 Å². The molecule has 3 aromatic carbocycles. The van der Waals surface area contributed by atoms with Crippen LogP contribution in [0.25, 0.3) is 0 Å². The molecule has 252 valence electrons. The molecule has 10 rings (SSSR count).